The average Bonchev–Trinajstić information content (AvgIpc) is 2.53. The van der Waals surface area contributed by atoms with E-state index in [-0.39, 0.29) is 6.10 Å². The van der Waals surface area contributed by atoms with Gasteiger partial charge in [-0.3, -0.25) is 0 Å². The van der Waals surface area contributed by atoms with Gasteiger partial charge in [0.2, 0.25) is 0 Å². The molecule has 5 heteroatoms. The summed E-state index contributed by atoms with van der Waals surface area (Å²) in [6, 6.07) is 4.24. The molecular formula is C16H25NO4. The zero-order valence-corrected chi connectivity index (χ0v) is 13.0. The summed E-state index contributed by atoms with van der Waals surface area (Å²) in [5.74, 6) is 2.16. The van der Waals surface area contributed by atoms with E-state index in [2.05, 4.69) is 5.32 Å². The number of aliphatic hydroxyl groups is 1. The Morgan fingerprint density at radius 2 is 1.52 bits per heavy atom. The third-order valence-electron chi connectivity index (χ3n) is 4.06. The maximum Gasteiger partial charge on any atom is 0.164 e. The van der Waals surface area contributed by atoms with E-state index in [1.807, 2.05) is 12.1 Å². The number of hydrogen-bond donors (Lipinski definition) is 2. The quantitative estimate of drug-likeness (QED) is 0.841. The Bertz CT molecular complexity index is 456. The van der Waals surface area contributed by atoms with Crippen LogP contribution in [0.5, 0.6) is 17.2 Å². The van der Waals surface area contributed by atoms with E-state index in [0.717, 1.165) is 37.0 Å². The van der Waals surface area contributed by atoms with Crippen molar-refractivity contribution in [2.75, 3.05) is 21.3 Å². The number of ether oxygens (including phenoxy) is 3. The van der Waals surface area contributed by atoms with Crippen molar-refractivity contribution < 1.29 is 19.3 Å². The highest BCUT2D eigenvalue weighted by Gasteiger charge is 2.19. The van der Waals surface area contributed by atoms with Crippen molar-refractivity contribution in [1.29, 1.82) is 0 Å². The van der Waals surface area contributed by atoms with E-state index >= 15 is 0 Å². The minimum Gasteiger partial charge on any atom is -0.496 e. The Balaban J connectivity index is 2.04. The number of aliphatic hydroxyl groups excluding tert-OH is 1. The molecular weight excluding hydrogens is 270 g/mol. The number of nitrogens with one attached hydrogen (secondary N) is 1. The van der Waals surface area contributed by atoms with Crippen LogP contribution in [-0.2, 0) is 6.54 Å². The van der Waals surface area contributed by atoms with Gasteiger partial charge in [0.1, 0.15) is 5.75 Å². The molecule has 1 aliphatic rings. The Kier molecular flexibility index (Phi) is 5.70. The molecule has 0 heterocycles. The monoisotopic (exact) mass is 295 g/mol. The molecule has 1 aliphatic carbocycles. The van der Waals surface area contributed by atoms with E-state index in [9.17, 15) is 5.11 Å². The second-order valence-electron chi connectivity index (χ2n) is 5.41. The van der Waals surface area contributed by atoms with Crippen LogP contribution in [0, 0.1) is 0 Å². The van der Waals surface area contributed by atoms with Gasteiger partial charge in [0, 0.05) is 24.2 Å². The molecule has 0 spiro atoms. The van der Waals surface area contributed by atoms with Crippen LogP contribution in [0.4, 0.5) is 0 Å². The van der Waals surface area contributed by atoms with E-state index in [1.54, 1.807) is 21.3 Å². The van der Waals surface area contributed by atoms with Gasteiger partial charge >= 0.3 is 0 Å². The minimum atomic E-state index is -0.126. The van der Waals surface area contributed by atoms with Crippen LogP contribution >= 0.6 is 0 Å². The van der Waals surface area contributed by atoms with Crippen LogP contribution in [0.3, 0.4) is 0 Å². The van der Waals surface area contributed by atoms with Gasteiger partial charge < -0.3 is 24.6 Å². The van der Waals surface area contributed by atoms with Crippen molar-refractivity contribution in [2.24, 2.45) is 0 Å². The molecule has 0 radical (unpaired) electrons. The Morgan fingerprint density at radius 3 is 2.10 bits per heavy atom. The van der Waals surface area contributed by atoms with Crippen molar-refractivity contribution in [3.05, 3.63) is 17.7 Å². The third kappa shape index (κ3) is 4.02. The second-order valence-corrected chi connectivity index (χ2v) is 5.41. The first-order valence-corrected chi connectivity index (χ1v) is 7.38. The molecule has 0 aromatic heterocycles. The van der Waals surface area contributed by atoms with Crippen molar-refractivity contribution in [3.63, 3.8) is 0 Å². The van der Waals surface area contributed by atoms with Crippen LogP contribution in [-0.4, -0.2) is 38.6 Å². The number of hydrogen-bond acceptors (Lipinski definition) is 5. The number of methoxy groups -OCH3 is 3. The molecule has 0 saturated heterocycles. The SMILES string of the molecule is COc1cc(OC)c(OC)cc1CNC1CCC(O)CC1. The van der Waals surface area contributed by atoms with E-state index in [4.69, 9.17) is 14.2 Å². The molecule has 0 atom stereocenters. The molecule has 5 nitrogen and oxygen atoms in total. The molecule has 118 valence electrons. The lowest BCUT2D eigenvalue weighted by atomic mass is 9.93. The molecule has 0 amide bonds. The highest BCUT2D eigenvalue weighted by molar-refractivity contribution is 5.50. The fraction of sp³-hybridized carbons (Fsp3) is 0.625. The summed E-state index contributed by atoms with van der Waals surface area (Å²) in [7, 11) is 4.90. The smallest absolute Gasteiger partial charge is 0.164 e. The Labute approximate surface area is 126 Å². The molecule has 21 heavy (non-hydrogen) atoms. The summed E-state index contributed by atoms with van der Waals surface area (Å²) < 4.78 is 16.1. The zero-order chi connectivity index (χ0) is 15.2. The lowest BCUT2D eigenvalue weighted by molar-refractivity contribution is 0.116. The highest BCUT2D eigenvalue weighted by atomic mass is 16.5. The van der Waals surface area contributed by atoms with Crippen LogP contribution in [0.2, 0.25) is 0 Å². The summed E-state index contributed by atoms with van der Waals surface area (Å²) in [5, 5.41) is 13.1. The van der Waals surface area contributed by atoms with Gasteiger partial charge in [0.15, 0.2) is 11.5 Å². The van der Waals surface area contributed by atoms with E-state index in [0.29, 0.717) is 24.1 Å². The fourth-order valence-electron chi connectivity index (χ4n) is 2.76. The topological polar surface area (TPSA) is 60.0 Å². The maximum absolute atomic E-state index is 9.54. The first-order valence-electron chi connectivity index (χ1n) is 7.38. The van der Waals surface area contributed by atoms with Gasteiger partial charge in [-0.2, -0.15) is 0 Å². The molecule has 1 fully saturated rings. The van der Waals surface area contributed by atoms with Gasteiger partial charge in [-0.15, -0.1) is 0 Å². The normalized spacial score (nSPS) is 21.9. The zero-order valence-electron chi connectivity index (χ0n) is 13.0. The predicted octanol–water partition coefficient (Wildman–Crippen LogP) is 2.11. The van der Waals surface area contributed by atoms with Crippen molar-refractivity contribution in [3.8, 4) is 17.2 Å². The average molecular weight is 295 g/mol. The summed E-state index contributed by atoms with van der Waals surface area (Å²) >= 11 is 0. The standard InChI is InChI=1S/C16H25NO4/c1-19-14-9-16(21-3)15(20-2)8-11(14)10-17-12-4-6-13(18)7-5-12/h8-9,12-13,17-18H,4-7,10H2,1-3H3. The summed E-state index contributed by atoms with van der Waals surface area (Å²) in [5.41, 5.74) is 1.04. The van der Waals surface area contributed by atoms with Gasteiger partial charge in [-0.1, -0.05) is 0 Å². The maximum atomic E-state index is 9.54. The molecule has 1 aromatic rings. The Morgan fingerprint density at radius 1 is 0.952 bits per heavy atom. The molecule has 2 N–H and O–H groups in total. The van der Waals surface area contributed by atoms with Crippen LogP contribution in [0.15, 0.2) is 12.1 Å². The van der Waals surface area contributed by atoms with Crippen molar-refractivity contribution >= 4 is 0 Å². The molecule has 0 unspecified atom stereocenters. The third-order valence-corrected chi connectivity index (χ3v) is 4.06. The van der Waals surface area contributed by atoms with Gasteiger partial charge in [0.25, 0.3) is 0 Å². The van der Waals surface area contributed by atoms with Crippen LogP contribution in [0.1, 0.15) is 31.2 Å². The molecule has 1 aromatic carbocycles. The number of rotatable bonds is 6. The molecule has 2 rings (SSSR count). The van der Waals surface area contributed by atoms with Crippen molar-refractivity contribution in [1.82, 2.24) is 5.32 Å². The second kappa shape index (κ2) is 7.52. The number of benzene rings is 1. The molecule has 0 aliphatic heterocycles. The van der Waals surface area contributed by atoms with Crippen molar-refractivity contribution in [2.45, 2.75) is 44.4 Å². The lowest BCUT2D eigenvalue weighted by Gasteiger charge is -2.26. The summed E-state index contributed by atoms with van der Waals surface area (Å²) in [6.07, 6.45) is 3.65. The first-order chi connectivity index (χ1) is 10.2. The lowest BCUT2D eigenvalue weighted by Crippen LogP contribution is -2.34. The minimum absolute atomic E-state index is 0.126. The molecule has 1 saturated carbocycles. The van der Waals surface area contributed by atoms with E-state index < -0.39 is 0 Å². The first kappa shape index (κ1) is 15.9. The van der Waals surface area contributed by atoms with Gasteiger partial charge in [-0.05, 0) is 31.7 Å². The predicted molar refractivity (Wildman–Crippen MR) is 81.2 cm³/mol. The van der Waals surface area contributed by atoms with E-state index in [1.165, 1.54) is 0 Å². The Hall–Kier alpha value is -1.46. The van der Waals surface area contributed by atoms with Crippen LogP contribution < -0.4 is 19.5 Å². The molecule has 0 bridgehead atoms. The van der Waals surface area contributed by atoms with Crippen LogP contribution in [0.25, 0.3) is 0 Å². The summed E-state index contributed by atoms with van der Waals surface area (Å²) in [6.45, 7) is 0.713. The largest absolute Gasteiger partial charge is 0.496 e. The summed E-state index contributed by atoms with van der Waals surface area (Å²) in [4.78, 5) is 0. The fourth-order valence-corrected chi connectivity index (χ4v) is 2.76. The highest BCUT2D eigenvalue weighted by Crippen LogP contribution is 2.34. The van der Waals surface area contributed by atoms with Gasteiger partial charge in [-0.25, -0.2) is 0 Å². The van der Waals surface area contributed by atoms with Gasteiger partial charge in [0.05, 0.1) is 27.4 Å².